The lowest BCUT2D eigenvalue weighted by molar-refractivity contribution is -0.137. The van der Waals surface area contributed by atoms with Crippen molar-refractivity contribution >= 4 is 17.3 Å². The van der Waals surface area contributed by atoms with Crippen LogP contribution in [-0.4, -0.2) is 0 Å². The van der Waals surface area contributed by atoms with Crippen LogP contribution in [0.25, 0.3) is 11.1 Å². The summed E-state index contributed by atoms with van der Waals surface area (Å²) < 4.78 is 37.4. The van der Waals surface area contributed by atoms with Crippen LogP contribution in [0.15, 0.2) is 42.5 Å². The van der Waals surface area contributed by atoms with Gasteiger partial charge in [0.2, 0.25) is 0 Å². The van der Waals surface area contributed by atoms with E-state index in [9.17, 15) is 13.2 Å². The van der Waals surface area contributed by atoms with Crippen LogP contribution in [0.1, 0.15) is 5.56 Å². The third-order valence-corrected chi connectivity index (χ3v) is 2.83. The van der Waals surface area contributed by atoms with Crippen LogP contribution in [0.4, 0.5) is 18.9 Å². The molecule has 0 aromatic heterocycles. The van der Waals surface area contributed by atoms with Gasteiger partial charge < -0.3 is 5.73 Å². The zero-order chi connectivity index (χ0) is 13.3. The Morgan fingerprint density at radius 3 is 2.06 bits per heavy atom. The van der Waals surface area contributed by atoms with E-state index in [-0.39, 0.29) is 5.02 Å². The van der Waals surface area contributed by atoms with Gasteiger partial charge in [-0.3, -0.25) is 0 Å². The molecule has 0 aliphatic heterocycles. The maximum Gasteiger partial charge on any atom is 0.416 e. The standard InChI is InChI=1S/C13H9ClF3N/c14-12-7-9(13(15,16)17)3-6-11(12)8-1-4-10(18)5-2-8/h1-7H,18H2. The first kappa shape index (κ1) is 12.8. The first-order valence-corrected chi connectivity index (χ1v) is 5.48. The Balaban J connectivity index is 2.45. The maximum absolute atomic E-state index is 12.5. The predicted molar refractivity (Wildman–Crippen MR) is 66.3 cm³/mol. The molecule has 2 aromatic carbocycles. The van der Waals surface area contributed by atoms with Gasteiger partial charge in [0.15, 0.2) is 0 Å². The van der Waals surface area contributed by atoms with E-state index in [0.717, 1.165) is 17.7 Å². The van der Waals surface area contributed by atoms with Crippen LogP contribution in [-0.2, 0) is 6.18 Å². The summed E-state index contributed by atoms with van der Waals surface area (Å²) in [6, 6.07) is 10.1. The third-order valence-electron chi connectivity index (χ3n) is 2.52. The van der Waals surface area contributed by atoms with Crippen LogP contribution >= 0.6 is 11.6 Å². The normalized spacial score (nSPS) is 11.6. The summed E-state index contributed by atoms with van der Waals surface area (Å²) in [6.45, 7) is 0. The van der Waals surface area contributed by atoms with E-state index in [1.54, 1.807) is 24.3 Å². The summed E-state index contributed by atoms with van der Waals surface area (Å²) in [4.78, 5) is 0. The lowest BCUT2D eigenvalue weighted by atomic mass is 10.0. The molecule has 2 N–H and O–H groups in total. The Hall–Kier alpha value is -1.68. The van der Waals surface area contributed by atoms with E-state index >= 15 is 0 Å². The molecule has 2 aromatic rings. The highest BCUT2D eigenvalue weighted by molar-refractivity contribution is 6.33. The number of halogens is 4. The SMILES string of the molecule is Nc1ccc(-c2ccc(C(F)(F)F)cc2Cl)cc1. The molecular weight excluding hydrogens is 263 g/mol. The van der Waals surface area contributed by atoms with E-state index in [1.807, 2.05) is 0 Å². The molecule has 0 saturated carbocycles. The maximum atomic E-state index is 12.5. The Bertz CT molecular complexity index is 561. The molecule has 0 spiro atoms. The Morgan fingerprint density at radius 1 is 0.944 bits per heavy atom. The number of nitrogen functional groups attached to an aromatic ring is 1. The largest absolute Gasteiger partial charge is 0.416 e. The fourth-order valence-corrected chi connectivity index (χ4v) is 1.88. The van der Waals surface area contributed by atoms with Gasteiger partial charge in [-0.2, -0.15) is 13.2 Å². The molecule has 0 bridgehead atoms. The van der Waals surface area contributed by atoms with Crippen molar-refractivity contribution in [1.29, 1.82) is 0 Å². The van der Waals surface area contributed by atoms with Crippen molar-refractivity contribution in [2.24, 2.45) is 0 Å². The molecule has 18 heavy (non-hydrogen) atoms. The van der Waals surface area contributed by atoms with Crippen molar-refractivity contribution in [2.75, 3.05) is 5.73 Å². The minimum absolute atomic E-state index is 0.0644. The first-order chi connectivity index (χ1) is 8.38. The molecule has 0 radical (unpaired) electrons. The second kappa shape index (κ2) is 4.53. The third kappa shape index (κ3) is 2.59. The van der Waals surface area contributed by atoms with Crippen molar-refractivity contribution in [3.63, 3.8) is 0 Å². The molecule has 2 rings (SSSR count). The van der Waals surface area contributed by atoms with E-state index < -0.39 is 11.7 Å². The number of hydrogen-bond donors (Lipinski definition) is 1. The van der Waals surface area contributed by atoms with Gasteiger partial charge in [-0.25, -0.2) is 0 Å². The number of benzene rings is 2. The summed E-state index contributed by atoms with van der Waals surface area (Å²) in [6.07, 6.45) is -4.39. The molecule has 0 aliphatic carbocycles. The first-order valence-electron chi connectivity index (χ1n) is 5.10. The lowest BCUT2D eigenvalue weighted by Gasteiger charge is -2.10. The quantitative estimate of drug-likeness (QED) is 0.753. The fourth-order valence-electron chi connectivity index (χ4n) is 1.59. The summed E-state index contributed by atoms with van der Waals surface area (Å²) in [5.74, 6) is 0. The molecule has 1 nitrogen and oxygen atoms in total. The number of anilines is 1. The van der Waals surface area contributed by atoms with Gasteiger partial charge in [-0.05, 0) is 29.8 Å². The van der Waals surface area contributed by atoms with Crippen molar-refractivity contribution in [3.05, 3.63) is 53.1 Å². The summed E-state index contributed by atoms with van der Waals surface area (Å²) in [5, 5.41) is 0.0644. The average molecular weight is 272 g/mol. The summed E-state index contributed by atoms with van der Waals surface area (Å²) in [5.41, 5.74) is 6.64. The van der Waals surface area contributed by atoms with Gasteiger partial charge in [0.1, 0.15) is 0 Å². The van der Waals surface area contributed by atoms with Crippen LogP contribution in [0.3, 0.4) is 0 Å². The number of alkyl halides is 3. The highest BCUT2D eigenvalue weighted by Crippen LogP contribution is 2.35. The van der Waals surface area contributed by atoms with E-state index in [4.69, 9.17) is 17.3 Å². The zero-order valence-electron chi connectivity index (χ0n) is 9.13. The highest BCUT2D eigenvalue weighted by atomic mass is 35.5. The topological polar surface area (TPSA) is 26.0 Å². The Labute approximate surface area is 107 Å². The number of nitrogens with two attached hydrogens (primary N) is 1. The van der Waals surface area contributed by atoms with Crippen LogP contribution in [0.2, 0.25) is 5.02 Å². The zero-order valence-corrected chi connectivity index (χ0v) is 9.89. The van der Waals surface area contributed by atoms with Gasteiger partial charge in [0.05, 0.1) is 5.56 Å². The monoisotopic (exact) mass is 271 g/mol. The van der Waals surface area contributed by atoms with Crippen LogP contribution < -0.4 is 5.73 Å². The highest BCUT2D eigenvalue weighted by Gasteiger charge is 2.30. The molecule has 0 saturated heterocycles. The summed E-state index contributed by atoms with van der Waals surface area (Å²) in [7, 11) is 0. The molecule has 0 fully saturated rings. The molecule has 0 atom stereocenters. The van der Waals surface area contributed by atoms with E-state index in [1.165, 1.54) is 6.07 Å². The molecule has 0 unspecified atom stereocenters. The second-order valence-electron chi connectivity index (χ2n) is 3.81. The molecule has 0 amide bonds. The average Bonchev–Trinajstić information content (AvgIpc) is 2.29. The van der Waals surface area contributed by atoms with Gasteiger partial charge in [-0.15, -0.1) is 0 Å². The molecule has 5 heteroatoms. The molecular formula is C13H9ClF3N. The Morgan fingerprint density at radius 2 is 1.56 bits per heavy atom. The van der Waals surface area contributed by atoms with Crippen molar-refractivity contribution in [1.82, 2.24) is 0 Å². The van der Waals surface area contributed by atoms with Gasteiger partial charge in [-0.1, -0.05) is 29.8 Å². The Kier molecular flexibility index (Phi) is 3.22. The van der Waals surface area contributed by atoms with E-state index in [2.05, 4.69) is 0 Å². The summed E-state index contributed by atoms with van der Waals surface area (Å²) >= 11 is 5.88. The van der Waals surface area contributed by atoms with Crippen molar-refractivity contribution in [2.45, 2.75) is 6.18 Å². The van der Waals surface area contributed by atoms with Crippen molar-refractivity contribution < 1.29 is 13.2 Å². The second-order valence-corrected chi connectivity index (χ2v) is 4.22. The molecule has 0 heterocycles. The number of rotatable bonds is 1. The molecule has 94 valence electrons. The van der Waals surface area contributed by atoms with E-state index in [0.29, 0.717) is 11.3 Å². The fraction of sp³-hybridized carbons (Fsp3) is 0.0769. The minimum Gasteiger partial charge on any atom is -0.399 e. The van der Waals surface area contributed by atoms with Gasteiger partial charge in [0.25, 0.3) is 0 Å². The van der Waals surface area contributed by atoms with Gasteiger partial charge in [0, 0.05) is 16.3 Å². The van der Waals surface area contributed by atoms with Crippen LogP contribution in [0.5, 0.6) is 0 Å². The smallest absolute Gasteiger partial charge is 0.399 e. The van der Waals surface area contributed by atoms with Crippen LogP contribution in [0, 0.1) is 0 Å². The van der Waals surface area contributed by atoms with Gasteiger partial charge >= 0.3 is 6.18 Å². The van der Waals surface area contributed by atoms with Crippen molar-refractivity contribution in [3.8, 4) is 11.1 Å². The lowest BCUT2D eigenvalue weighted by Crippen LogP contribution is -2.04. The predicted octanol–water partition coefficient (Wildman–Crippen LogP) is 4.61. The molecule has 0 aliphatic rings. The minimum atomic E-state index is -4.39. The number of hydrogen-bond acceptors (Lipinski definition) is 1.